The fraction of sp³-hybridized carbons (Fsp3) is 0.647. The number of likely N-dealkylation sites (N-methyl/N-ethyl adjacent to an activating group) is 1. The summed E-state index contributed by atoms with van der Waals surface area (Å²) in [6.07, 6.45) is 2.65. The predicted molar refractivity (Wildman–Crippen MR) is 85.8 cm³/mol. The van der Waals surface area contributed by atoms with Crippen molar-refractivity contribution >= 4 is 0 Å². The predicted octanol–water partition coefficient (Wildman–Crippen LogP) is 2.31. The lowest BCUT2D eigenvalue weighted by Crippen LogP contribution is -2.28. The van der Waals surface area contributed by atoms with Crippen molar-refractivity contribution in [3.63, 3.8) is 0 Å². The van der Waals surface area contributed by atoms with Gasteiger partial charge in [-0.2, -0.15) is 0 Å². The standard InChI is InChI=1S/C17H28N2O2/c1-19(2)11-13-21-12-10-18-17(14-4-5-14)15-6-8-16(20-3)9-7-15/h6-9,14,17-18H,4-5,10-13H2,1-3H3. The molecule has 0 amide bonds. The summed E-state index contributed by atoms with van der Waals surface area (Å²) in [5, 5.41) is 3.64. The topological polar surface area (TPSA) is 33.7 Å². The first kappa shape index (κ1) is 16.3. The molecule has 1 unspecified atom stereocenters. The molecular formula is C17H28N2O2. The summed E-state index contributed by atoms with van der Waals surface area (Å²) in [4.78, 5) is 2.14. The van der Waals surface area contributed by atoms with Crippen molar-refractivity contribution < 1.29 is 9.47 Å². The molecule has 0 bridgehead atoms. The van der Waals surface area contributed by atoms with Crippen molar-refractivity contribution in [2.24, 2.45) is 5.92 Å². The number of hydrogen-bond donors (Lipinski definition) is 1. The second-order valence-corrected chi connectivity index (χ2v) is 5.96. The minimum atomic E-state index is 0.452. The van der Waals surface area contributed by atoms with Crippen molar-refractivity contribution in [1.29, 1.82) is 0 Å². The Morgan fingerprint density at radius 3 is 2.48 bits per heavy atom. The molecule has 0 heterocycles. The van der Waals surface area contributed by atoms with E-state index in [0.717, 1.165) is 38.0 Å². The third kappa shape index (κ3) is 5.65. The molecule has 1 fully saturated rings. The van der Waals surface area contributed by atoms with Crippen molar-refractivity contribution in [2.75, 3.05) is 47.5 Å². The molecule has 2 rings (SSSR count). The molecule has 1 aliphatic rings. The highest BCUT2D eigenvalue weighted by atomic mass is 16.5. The Kier molecular flexibility index (Phi) is 6.49. The van der Waals surface area contributed by atoms with E-state index in [2.05, 4.69) is 36.4 Å². The van der Waals surface area contributed by atoms with Crippen molar-refractivity contribution in [2.45, 2.75) is 18.9 Å². The second-order valence-electron chi connectivity index (χ2n) is 5.96. The number of ether oxygens (including phenoxy) is 2. The maximum atomic E-state index is 5.64. The highest BCUT2D eigenvalue weighted by molar-refractivity contribution is 5.30. The number of hydrogen-bond acceptors (Lipinski definition) is 4. The van der Waals surface area contributed by atoms with E-state index >= 15 is 0 Å². The minimum absolute atomic E-state index is 0.452. The van der Waals surface area contributed by atoms with Crippen LogP contribution in [0, 0.1) is 5.92 Å². The van der Waals surface area contributed by atoms with E-state index in [1.165, 1.54) is 18.4 Å². The van der Waals surface area contributed by atoms with Gasteiger partial charge in [-0.05, 0) is 50.6 Å². The van der Waals surface area contributed by atoms with E-state index in [1.54, 1.807) is 7.11 Å². The summed E-state index contributed by atoms with van der Waals surface area (Å²) >= 11 is 0. The zero-order valence-corrected chi connectivity index (χ0v) is 13.5. The van der Waals surface area contributed by atoms with Crippen LogP contribution in [0.4, 0.5) is 0 Å². The summed E-state index contributed by atoms with van der Waals surface area (Å²) in [5.41, 5.74) is 1.35. The Morgan fingerprint density at radius 2 is 1.90 bits per heavy atom. The fourth-order valence-electron chi connectivity index (χ4n) is 2.43. The van der Waals surface area contributed by atoms with Gasteiger partial charge in [0.15, 0.2) is 0 Å². The van der Waals surface area contributed by atoms with Crippen molar-refractivity contribution in [3.05, 3.63) is 29.8 Å². The molecular weight excluding hydrogens is 264 g/mol. The van der Waals surface area contributed by atoms with Crippen LogP contribution in [0.5, 0.6) is 5.75 Å². The summed E-state index contributed by atoms with van der Waals surface area (Å²) in [6, 6.07) is 8.87. The molecule has 4 nitrogen and oxygen atoms in total. The molecule has 1 saturated carbocycles. The largest absolute Gasteiger partial charge is 0.497 e. The maximum Gasteiger partial charge on any atom is 0.118 e. The molecule has 1 atom stereocenters. The van der Waals surface area contributed by atoms with E-state index in [4.69, 9.17) is 9.47 Å². The van der Waals surface area contributed by atoms with Crippen molar-refractivity contribution in [3.8, 4) is 5.75 Å². The van der Waals surface area contributed by atoms with Gasteiger partial charge in [-0.15, -0.1) is 0 Å². The lowest BCUT2D eigenvalue weighted by molar-refractivity contribution is 0.117. The SMILES string of the molecule is COc1ccc(C(NCCOCCN(C)C)C2CC2)cc1. The molecule has 1 aromatic carbocycles. The molecule has 1 N–H and O–H groups in total. The van der Waals surface area contributed by atoms with Crippen LogP contribution in [0.15, 0.2) is 24.3 Å². The van der Waals surface area contributed by atoms with Gasteiger partial charge in [0.25, 0.3) is 0 Å². The molecule has 0 aliphatic heterocycles. The molecule has 1 aliphatic carbocycles. The lowest BCUT2D eigenvalue weighted by Gasteiger charge is -2.19. The van der Waals surface area contributed by atoms with E-state index in [-0.39, 0.29) is 0 Å². The molecule has 0 spiro atoms. The zero-order chi connectivity index (χ0) is 15.1. The lowest BCUT2D eigenvalue weighted by atomic mass is 10.0. The summed E-state index contributed by atoms with van der Waals surface area (Å²) in [6.45, 7) is 3.45. The zero-order valence-electron chi connectivity index (χ0n) is 13.5. The normalized spacial score (nSPS) is 16.2. The van der Waals surface area contributed by atoms with Crippen LogP contribution in [0.2, 0.25) is 0 Å². The van der Waals surface area contributed by atoms with Crippen LogP contribution in [0.1, 0.15) is 24.4 Å². The molecule has 21 heavy (non-hydrogen) atoms. The minimum Gasteiger partial charge on any atom is -0.497 e. The summed E-state index contributed by atoms with van der Waals surface area (Å²) < 4.78 is 10.9. The van der Waals surface area contributed by atoms with E-state index < -0.39 is 0 Å². The van der Waals surface area contributed by atoms with E-state index in [1.807, 2.05) is 12.1 Å². The monoisotopic (exact) mass is 292 g/mol. The number of benzene rings is 1. The van der Waals surface area contributed by atoms with E-state index in [0.29, 0.717) is 6.04 Å². The quantitative estimate of drug-likeness (QED) is 0.671. The van der Waals surface area contributed by atoms with Gasteiger partial charge in [-0.25, -0.2) is 0 Å². The maximum absolute atomic E-state index is 5.64. The Morgan fingerprint density at radius 1 is 1.19 bits per heavy atom. The van der Waals surface area contributed by atoms with Crippen LogP contribution in [-0.2, 0) is 4.74 Å². The van der Waals surface area contributed by atoms with Crippen LogP contribution in [-0.4, -0.2) is 52.4 Å². The Bertz CT molecular complexity index is 402. The highest BCUT2D eigenvalue weighted by Gasteiger charge is 2.31. The van der Waals surface area contributed by atoms with Gasteiger partial charge in [0.05, 0.1) is 20.3 Å². The Hall–Kier alpha value is -1.10. The van der Waals surface area contributed by atoms with Crippen molar-refractivity contribution in [1.82, 2.24) is 10.2 Å². The summed E-state index contributed by atoms with van der Waals surface area (Å²) in [7, 11) is 5.83. The van der Waals surface area contributed by atoms with Gasteiger partial charge in [-0.1, -0.05) is 12.1 Å². The number of rotatable bonds is 10. The first-order chi connectivity index (χ1) is 10.2. The first-order valence-corrected chi connectivity index (χ1v) is 7.80. The number of nitrogens with zero attached hydrogens (tertiary/aromatic N) is 1. The number of methoxy groups -OCH3 is 1. The van der Waals surface area contributed by atoms with Gasteiger partial charge in [0.1, 0.15) is 5.75 Å². The third-order valence-corrected chi connectivity index (χ3v) is 3.86. The average molecular weight is 292 g/mol. The molecule has 118 valence electrons. The number of nitrogens with one attached hydrogen (secondary N) is 1. The third-order valence-electron chi connectivity index (χ3n) is 3.86. The molecule has 0 aromatic heterocycles. The molecule has 1 aromatic rings. The Labute approximate surface area is 128 Å². The first-order valence-electron chi connectivity index (χ1n) is 7.80. The highest BCUT2D eigenvalue weighted by Crippen LogP contribution is 2.41. The Balaban J connectivity index is 1.74. The fourth-order valence-corrected chi connectivity index (χ4v) is 2.43. The van der Waals surface area contributed by atoms with Gasteiger partial charge in [0, 0.05) is 19.1 Å². The van der Waals surface area contributed by atoms with Crippen LogP contribution < -0.4 is 10.1 Å². The van der Waals surface area contributed by atoms with Gasteiger partial charge in [-0.3, -0.25) is 0 Å². The molecule has 0 saturated heterocycles. The van der Waals surface area contributed by atoms with Gasteiger partial charge < -0.3 is 19.7 Å². The van der Waals surface area contributed by atoms with E-state index in [9.17, 15) is 0 Å². The van der Waals surface area contributed by atoms with Crippen LogP contribution in [0.25, 0.3) is 0 Å². The van der Waals surface area contributed by atoms with Gasteiger partial charge >= 0.3 is 0 Å². The second kappa shape index (κ2) is 8.37. The smallest absolute Gasteiger partial charge is 0.118 e. The average Bonchev–Trinajstić information content (AvgIpc) is 3.31. The molecule has 0 radical (unpaired) electrons. The summed E-state index contributed by atoms with van der Waals surface area (Å²) in [5.74, 6) is 1.69. The van der Waals surface area contributed by atoms with Crippen LogP contribution in [0.3, 0.4) is 0 Å². The van der Waals surface area contributed by atoms with Gasteiger partial charge in [0.2, 0.25) is 0 Å². The van der Waals surface area contributed by atoms with Crippen LogP contribution >= 0.6 is 0 Å². The molecule has 4 heteroatoms.